The normalized spacial score (nSPS) is 21.7. The zero-order valence-corrected chi connectivity index (χ0v) is 9.32. The van der Waals surface area contributed by atoms with Gasteiger partial charge >= 0.3 is 5.97 Å². The van der Waals surface area contributed by atoms with Crippen molar-refractivity contribution in [3.8, 4) is 0 Å². The molecule has 0 aliphatic carbocycles. The molecule has 1 aliphatic rings. The van der Waals surface area contributed by atoms with Gasteiger partial charge < -0.3 is 14.2 Å². The first kappa shape index (κ1) is 12.2. The number of methoxy groups -OCH3 is 1. The maximum atomic E-state index is 11.2. The van der Waals surface area contributed by atoms with Crippen molar-refractivity contribution in [1.82, 2.24) is 0 Å². The fraction of sp³-hybridized carbons (Fsp3) is 0.727. The molecular formula is C11H18O4. The van der Waals surface area contributed by atoms with E-state index in [-0.39, 0.29) is 12.1 Å². The highest BCUT2D eigenvalue weighted by molar-refractivity contribution is 5.88. The number of ether oxygens (including phenoxy) is 3. The van der Waals surface area contributed by atoms with Crippen LogP contribution >= 0.6 is 0 Å². The first-order valence-corrected chi connectivity index (χ1v) is 5.24. The lowest BCUT2D eigenvalue weighted by Gasteiger charge is -2.08. The lowest BCUT2D eigenvalue weighted by atomic mass is 10.2. The fourth-order valence-electron chi connectivity index (χ4n) is 1.43. The largest absolute Gasteiger partial charge is 0.466 e. The standard InChI is InChI=1S/C11H18O4/c1-3-9(11(12)13-2)4-7-15-10-5-6-14-8-10/h4,10H,3,5-8H2,1-2H3. The highest BCUT2D eigenvalue weighted by Gasteiger charge is 2.15. The summed E-state index contributed by atoms with van der Waals surface area (Å²) in [6.07, 6.45) is 3.56. The lowest BCUT2D eigenvalue weighted by molar-refractivity contribution is -0.136. The molecule has 0 radical (unpaired) electrons. The predicted molar refractivity (Wildman–Crippen MR) is 55.6 cm³/mol. The molecule has 1 aliphatic heterocycles. The summed E-state index contributed by atoms with van der Waals surface area (Å²) < 4.78 is 15.3. The topological polar surface area (TPSA) is 44.8 Å². The zero-order valence-electron chi connectivity index (χ0n) is 9.32. The molecule has 0 aromatic heterocycles. The number of rotatable bonds is 5. The van der Waals surface area contributed by atoms with E-state index in [9.17, 15) is 4.79 Å². The van der Waals surface area contributed by atoms with Crippen LogP contribution in [0.1, 0.15) is 19.8 Å². The summed E-state index contributed by atoms with van der Waals surface area (Å²) in [4.78, 5) is 11.2. The molecule has 1 unspecified atom stereocenters. The van der Waals surface area contributed by atoms with Crippen LogP contribution in [0.5, 0.6) is 0 Å². The molecule has 0 N–H and O–H groups in total. The van der Waals surface area contributed by atoms with Crippen LogP contribution in [0.15, 0.2) is 11.6 Å². The Kier molecular flexibility index (Phi) is 5.36. The Morgan fingerprint density at radius 3 is 2.93 bits per heavy atom. The molecule has 4 heteroatoms. The molecule has 1 atom stereocenters. The average Bonchev–Trinajstić information content (AvgIpc) is 2.76. The molecule has 0 saturated carbocycles. The third-order valence-corrected chi connectivity index (χ3v) is 2.38. The van der Waals surface area contributed by atoms with Crippen molar-refractivity contribution >= 4 is 5.97 Å². The summed E-state index contributed by atoms with van der Waals surface area (Å²) in [6, 6.07) is 0. The van der Waals surface area contributed by atoms with Crippen molar-refractivity contribution in [1.29, 1.82) is 0 Å². The highest BCUT2D eigenvalue weighted by atomic mass is 16.5. The van der Waals surface area contributed by atoms with E-state index in [0.717, 1.165) is 13.0 Å². The van der Waals surface area contributed by atoms with Crippen LogP contribution in [0.25, 0.3) is 0 Å². The molecule has 1 fully saturated rings. The Balaban J connectivity index is 2.30. The van der Waals surface area contributed by atoms with Gasteiger partial charge in [-0.25, -0.2) is 4.79 Å². The minimum atomic E-state index is -0.274. The summed E-state index contributed by atoms with van der Waals surface area (Å²) in [5.74, 6) is -0.274. The maximum Gasteiger partial charge on any atom is 0.333 e. The van der Waals surface area contributed by atoms with Crippen LogP contribution in [-0.2, 0) is 19.0 Å². The van der Waals surface area contributed by atoms with E-state index in [0.29, 0.717) is 25.2 Å². The Bertz CT molecular complexity index is 229. The molecule has 1 heterocycles. The highest BCUT2D eigenvalue weighted by Crippen LogP contribution is 2.09. The smallest absolute Gasteiger partial charge is 0.333 e. The van der Waals surface area contributed by atoms with Gasteiger partial charge in [-0.3, -0.25) is 0 Å². The lowest BCUT2D eigenvalue weighted by Crippen LogP contribution is -2.13. The van der Waals surface area contributed by atoms with E-state index in [1.165, 1.54) is 7.11 Å². The number of hydrogen-bond acceptors (Lipinski definition) is 4. The van der Waals surface area contributed by atoms with E-state index in [1.807, 2.05) is 6.92 Å². The second-order valence-electron chi connectivity index (χ2n) is 3.39. The molecular weight excluding hydrogens is 196 g/mol. The number of esters is 1. The van der Waals surface area contributed by atoms with E-state index >= 15 is 0 Å². The third-order valence-electron chi connectivity index (χ3n) is 2.38. The fourth-order valence-corrected chi connectivity index (χ4v) is 1.43. The number of carbonyl (C=O) groups excluding carboxylic acids is 1. The van der Waals surface area contributed by atoms with Crippen LogP contribution in [-0.4, -0.2) is 39.0 Å². The second kappa shape index (κ2) is 6.58. The summed E-state index contributed by atoms with van der Waals surface area (Å²) >= 11 is 0. The van der Waals surface area contributed by atoms with Crippen LogP contribution in [0.4, 0.5) is 0 Å². The number of carbonyl (C=O) groups is 1. The first-order valence-electron chi connectivity index (χ1n) is 5.24. The van der Waals surface area contributed by atoms with Crippen LogP contribution in [0, 0.1) is 0 Å². The summed E-state index contributed by atoms with van der Waals surface area (Å²) in [5, 5.41) is 0. The van der Waals surface area contributed by atoms with E-state index in [2.05, 4.69) is 4.74 Å². The van der Waals surface area contributed by atoms with Crippen molar-refractivity contribution in [2.75, 3.05) is 26.9 Å². The van der Waals surface area contributed by atoms with Crippen molar-refractivity contribution in [2.45, 2.75) is 25.9 Å². The van der Waals surface area contributed by atoms with Crippen molar-refractivity contribution < 1.29 is 19.0 Å². The Labute approximate surface area is 90.2 Å². The Morgan fingerprint density at radius 2 is 2.40 bits per heavy atom. The van der Waals surface area contributed by atoms with Crippen LogP contribution < -0.4 is 0 Å². The van der Waals surface area contributed by atoms with E-state index in [1.54, 1.807) is 6.08 Å². The van der Waals surface area contributed by atoms with Crippen molar-refractivity contribution in [2.24, 2.45) is 0 Å². The first-order chi connectivity index (χ1) is 7.27. The van der Waals surface area contributed by atoms with E-state index in [4.69, 9.17) is 9.47 Å². The van der Waals surface area contributed by atoms with Crippen molar-refractivity contribution in [3.63, 3.8) is 0 Å². The van der Waals surface area contributed by atoms with Gasteiger partial charge in [-0.15, -0.1) is 0 Å². The molecule has 1 saturated heterocycles. The molecule has 0 aromatic carbocycles. The van der Waals surface area contributed by atoms with Gasteiger partial charge in [0.25, 0.3) is 0 Å². The Morgan fingerprint density at radius 1 is 1.60 bits per heavy atom. The second-order valence-corrected chi connectivity index (χ2v) is 3.39. The molecule has 0 aromatic rings. The molecule has 86 valence electrons. The van der Waals surface area contributed by atoms with Gasteiger partial charge in [0.05, 0.1) is 26.4 Å². The van der Waals surface area contributed by atoms with Crippen LogP contribution in [0.3, 0.4) is 0 Å². The summed E-state index contributed by atoms with van der Waals surface area (Å²) in [5.41, 5.74) is 0.663. The molecule has 1 rings (SSSR count). The van der Waals surface area contributed by atoms with Gasteiger partial charge in [0.1, 0.15) is 0 Å². The monoisotopic (exact) mass is 214 g/mol. The number of hydrogen-bond donors (Lipinski definition) is 0. The predicted octanol–water partition coefficient (Wildman–Crippen LogP) is 1.30. The van der Waals surface area contributed by atoms with Gasteiger partial charge in [0.2, 0.25) is 0 Å². The summed E-state index contributed by atoms with van der Waals surface area (Å²) in [6.45, 7) is 3.80. The SMILES string of the molecule is CCC(=CCOC1CCOC1)C(=O)OC. The van der Waals surface area contributed by atoms with Gasteiger partial charge in [0.15, 0.2) is 0 Å². The van der Waals surface area contributed by atoms with Crippen molar-refractivity contribution in [3.05, 3.63) is 11.6 Å². The quantitative estimate of drug-likeness (QED) is 0.511. The third kappa shape index (κ3) is 4.01. The molecule has 4 nitrogen and oxygen atoms in total. The zero-order chi connectivity index (χ0) is 11.1. The van der Waals surface area contributed by atoms with Gasteiger partial charge in [0, 0.05) is 12.2 Å². The van der Waals surface area contributed by atoms with Gasteiger partial charge in [-0.05, 0) is 18.9 Å². The minimum Gasteiger partial charge on any atom is -0.466 e. The Hall–Kier alpha value is -0.870. The summed E-state index contributed by atoms with van der Waals surface area (Å²) in [7, 11) is 1.39. The van der Waals surface area contributed by atoms with E-state index < -0.39 is 0 Å². The average molecular weight is 214 g/mol. The van der Waals surface area contributed by atoms with Gasteiger partial charge in [-0.2, -0.15) is 0 Å². The molecule has 0 spiro atoms. The molecule has 15 heavy (non-hydrogen) atoms. The van der Waals surface area contributed by atoms with Gasteiger partial charge in [-0.1, -0.05) is 6.92 Å². The molecule has 0 bridgehead atoms. The van der Waals surface area contributed by atoms with Crippen LogP contribution in [0.2, 0.25) is 0 Å². The molecule has 0 amide bonds. The minimum absolute atomic E-state index is 0.178. The maximum absolute atomic E-state index is 11.2.